The molecule has 2 N–H and O–H groups in total. The van der Waals surface area contributed by atoms with Crippen LogP contribution in [0.15, 0.2) is 46.9 Å². The lowest BCUT2D eigenvalue weighted by molar-refractivity contribution is 0.472. The number of halogens is 2. The third-order valence-electron chi connectivity index (χ3n) is 3.09. The molecule has 0 fully saturated rings. The number of benzene rings is 2. The summed E-state index contributed by atoms with van der Waals surface area (Å²) in [6.07, 6.45) is 1.71. The van der Waals surface area contributed by atoms with E-state index in [0.717, 1.165) is 28.6 Å². The first-order valence-electron chi connectivity index (χ1n) is 6.56. The zero-order valence-electron chi connectivity index (χ0n) is 11.3. The lowest BCUT2D eigenvalue weighted by Gasteiger charge is -2.15. The highest BCUT2D eigenvalue weighted by atomic mass is 79.9. The van der Waals surface area contributed by atoms with E-state index >= 15 is 0 Å². The van der Waals surface area contributed by atoms with Gasteiger partial charge >= 0.3 is 0 Å². The number of rotatable bonds is 5. The summed E-state index contributed by atoms with van der Waals surface area (Å²) in [6, 6.07) is 13.5. The van der Waals surface area contributed by atoms with E-state index in [1.54, 1.807) is 0 Å². The van der Waals surface area contributed by atoms with Crippen molar-refractivity contribution in [1.82, 2.24) is 0 Å². The van der Waals surface area contributed by atoms with Crippen LogP contribution < -0.4 is 10.5 Å². The molecule has 4 heteroatoms. The van der Waals surface area contributed by atoms with Crippen LogP contribution in [0, 0.1) is 0 Å². The molecule has 0 aromatic heterocycles. The van der Waals surface area contributed by atoms with Gasteiger partial charge in [-0.1, -0.05) is 52.7 Å². The van der Waals surface area contributed by atoms with E-state index in [-0.39, 0.29) is 6.04 Å². The van der Waals surface area contributed by atoms with E-state index in [4.69, 9.17) is 22.1 Å². The predicted molar refractivity (Wildman–Crippen MR) is 87.6 cm³/mol. The Balaban J connectivity index is 2.30. The molecule has 106 valence electrons. The van der Waals surface area contributed by atoms with Gasteiger partial charge in [-0.05, 0) is 42.7 Å². The van der Waals surface area contributed by atoms with Crippen LogP contribution in [0.5, 0.6) is 11.5 Å². The summed E-state index contributed by atoms with van der Waals surface area (Å²) < 4.78 is 6.92. The normalized spacial score (nSPS) is 12.2. The fourth-order valence-corrected chi connectivity index (χ4v) is 2.38. The maximum atomic E-state index is 6.14. The van der Waals surface area contributed by atoms with Crippen molar-refractivity contribution in [2.24, 2.45) is 5.73 Å². The maximum absolute atomic E-state index is 6.14. The second-order valence-electron chi connectivity index (χ2n) is 4.66. The quantitative estimate of drug-likeness (QED) is 0.803. The zero-order valence-corrected chi connectivity index (χ0v) is 13.6. The van der Waals surface area contributed by atoms with Gasteiger partial charge in [0.15, 0.2) is 0 Å². The monoisotopic (exact) mass is 353 g/mol. The van der Waals surface area contributed by atoms with E-state index in [0.29, 0.717) is 10.8 Å². The summed E-state index contributed by atoms with van der Waals surface area (Å²) in [5.74, 6) is 1.44. The van der Waals surface area contributed by atoms with Crippen molar-refractivity contribution in [2.75, 3.05) is 0 Å². The number of ether oxygens (including phenoxy) is 1. The van der Waals surface area contributed by atoms with Gasteiger partial charge in [0, 0.05) is 10.5 Å². The molecule has 0 bridgehead atoms. The Bertz CT molecular complexity index is 588. The minimum atomic E-state index is 0.129. The van der Waals surface area contributed by atoms with Crippen LogP contribution in [-0.2, 0) is 6.42 Å². The van der Waals surface area contributed by atoms with Crippen molar-refractivity contribution < 1.29 is 4.74 Å². The molecular formula is C16H17BrClNO. The van der Waals surface area contributed by atoms with Gasteiger partial charge in [0.2, 0.25) is 0 Å². The van der Waals surface area contributed by atoms with Gasteiger partial charge in [0.05, 0.1) is 5.02 Å². The van der Waals surface area contributed by atoms with Crippen molar-refractivity contribution in [3.63, 3.8) is 0 Å². The maximum Gasteiger partial charge on any atom is 0.146 e. The van der Waals surface area contributed by atoms with Crippen LogP contribution in [0.2, 0.25) is 5.02 Å². The van der Waals surface area contributed by atoms with Crippen LogP contribution in [-0.4, -0.2) is 6.04 Å². The van der Waals surface area contributed by atoms with Crippen molar-refractivity contribution >= 4 is 27.5 Å². The van der Waals surface area contributed by atoms with E-state index in [2.05, 4.69) is 22.9 Å². The van der Waals surface area contributed by atoms with Crippen molar-refractivity contribution in [1.29, 1.82) is 0 Å². The highest BCUT2D eigenvalue weighted by molar-refractivity contribution is 9.10. The molecule has 0 heterocycles. The Hall–Kier alpha value is -1.03. The summed E-state index contributed by atoms with van der Waals surface area (Å²) >= 11 is 9.61. The average Bonchev–Trinajstić information content (AvgIpc) is 2.44. The van der Waals surface area contributed by atoms with Crippen LogP contribution in [0.25, 0.3) is 0 Å². The summed E-state index contributed by atoms with van der Waals surface area (Å²) in [7, 11) is 0. The van der Waals surface area contributed by atoms with Gasteiger partial charge in [-0.25, -0.2) is 0 Å². The Morgan fingerprint density at radius 2 is 1.95 bits per heavy atom. The predicted octanol–water partition coefficient (Wildman–Crippen LogP) is 5.17. The fourth-order valence-electron chi connectivity index (χ4n) is 1.86. The Morgan fingerprint density at radius 3 is 2.65 bits per heavy atom. The highest BCUT2D eigenvalue weighted by Crippen LogP contribution is 2.33. The summed E-state index contributed by atoms with van der Waals surface area (Å²) in [5, 5.41) is 0.596. The van der Waals surface area contributed by atoms with Gasteiger partial charge in [0.1, 0.15) is 11.5 Å². The Labute approximate surface area is 133 Å². The van der Waals surface area contributed by atoms with Crippen LogP contribution in [0.3, 0.4) is 0 Å². The van der Waals surface area contributed by atoms with Crippen LogP contribution in [0.1, 0.15) is 18.9 Å². The first-order chi connectivity index (χ1) is 9.60. The summed E-state index contributed by atoms with van der Waals surface area (Å²) in [5.41, 5.74) is 7.13. The van der Waals surface area contributed by atoms with Crippen LogP contribution >= 0.6 is 27.5 Å². The molecule has 0 aliphatic carbocycles. The van der Waals surface area contributed by atoms with Crippen molar-refractivity contribution in [3.8, 4) is 11.5 Å². The average molecular weight is 355 g/mol. The molecule has 0 saturated carbocycles. The lowest BCUT2D eigenvalue weighted by atomic mass is 10.0. The smallest absolute Gasteiger partial charge is 0.146 e. The summed E-state index contributed by atoms with van der Waals surface area (Å²) in [6.45, 7) is 2.08. The number of para-hydroxylation sites is 1. The molecule has 0 aliphatic rings. The highest BCUT2D eigenvalue weighted by Gasteiger charge is 2.11. The molecule has 0 saturated heterocycles. The second-order valence-corrected chi connectivity index (χ2v) is 5.98. The third-order valence-corrected chi connectivity index (χ3v) is 3.90. The molecule has 20 heavy (non-hydrogen) atoms. The van der Waals surface area contributed by atoms with Gasteiger partial charge < -0.3 is 10.5 Å². The molecule has 2 nitrogen and oxygen atoms in total. The Morgan fingerprint density at radius 1 is 1.20 bits per heavy atom. The van der Waals surface area contributed by atoms with E-state index in [1.165, 1.54) is 0 Å². The minimum Gasteiger partial charge on any atom is -0.455 e. The van der Waals surface area contributed by atoms with Gasteiger partial charge in [-0.3, -0.25) is 0 Å². The van der Waals surface area contributed by atoms with Crippen molar-refractivity contribution in [3.05, 3.63) is 57.5 Å². The lowest BCUT2D eigenvalue weighted by Crippen LogP contribution is -2.21. The van der Waals surface area contributed by atoms with Gasteiger partial charge in [0.25, 0.3) is 0 Å². The standard InChI is InChI=1S/C16H17BrClNO/c1-2-13(19)9-11-7-8-12(17)10-16(11)20-15-6-4-3-5-14(15)18/h3-8,10,13H,2,9,19H2,1H3. The molecule has 2 rings (SSSR count). The number of hydrogen-bond acceptors (Lipinski definition) is 2. The minimum absolute atomic E-state index is 0.129. The van der Waals surface area contributed by atoms with E-state index < -0.39 is 0 Å². The van der Waals surface area contributed by atoms with E-state index in [9.17, 15) is 0 Å². The first kappa shape index (κ1) is 15.4. The zero-order chi connectivity index (χ0) is 14.5. The molecule has 0 spiro atoms. The van der Waals surface area contributed by atoms with Crippen LogP contribution in [0.4, 0.5) is 0 Å². The molecule has 0 amide bonds. The van der Waals surface area contributed by atoms with Crippen molar-refractivity contribution in [2.45, 2.75) is 25.8 Å². The number of hydrogen-bond donors (Lipinski definition) is 1. The van der Waals surface area contributed by atoms with E-state index in [1.807, 2.05) is 42.5 Å². The molecule has 2 aromatic rings. The topological polar surface area (TPSA) is 35.2 Å². The molecule has 2 aromatic carbocycles. The first-order valence-corrected chi connectivity index (χ1v) is 7.73. The molecule has 1 atom stereocenters. The number of nitrogens with two attached hydrogens (primary N) is 1. The third kappa shape index (κ3) is 3.98. The van der Waals surface area contributed by atoms with Gasteiger partial charge in [-0.2, -0.15) is 0 Å². The second kappa shape index (κ2) is 7.11. The van der Waals surface area contributed by atoms with Gasteiger partial charge in [-0.15, -0.1) is 0 Å². The SMILES string of the molecule is CCC(N)Cc1ccc(Br)cc1Oc1ccccc1Cl. The molecule has 0 radical (unpaired) electrons. The largest absolute Gasteiger partial charge is 0.455 e. The Kier molecular flexibility index (Phi) is 5.46. The summed E-state index contributed by atoms with van der Waals surface area (Å²) in [4.78, 5) is 0. The molecule has 0 aliphatic heterocycles. The fraction of sp³-hybridized carbons (Fsp3) is 0.250. The molecule has 1 unspecified atom stereocenters. The molecular weight excluding hydrogens is 338 g/mol.